The highest BCUT2D eigenvalue weighted by Crippen LogP contribution is 2.12. The van der Waals surface area contributed by atoms with Crippen molar-refractivity contribution in [1.82, 2.24) is 5.32 Å². The fourth-order valence-corrected chi connectivity index (χ4v) is 1.24. The summed E-state index contributed by atoms with van der Waals surface area (Å²) in [6, 6.07) is 2.07. The van der Waals surface area contributed by atoms with E-state index >= 15 is 0 Å². The number of hydrogen-bond acceptors (Lipinski definition) is 5. The summed E-state index contributed by atoms with van der Waals surface area (Å²) >= 11 is 0. The molecule has 0 saturated carbocycles. The monoisotopic (exact) mass is 269 g/mol. The van der Waals surface area contributed by atoms with Crippen LogP contribution in [0.2, 0.25) is 0 Å². The highest BCUT2D eigenvalue weighted by atomic mass is 19.1. The van der Waals surface area contributed by atoms with Crippen molar-refractivity contribution in [2.75, 3.05) is 5.73 Å². The number of urea groups is 1. The van der Waals surface area contributed by atoms with Crippen LogP contribution in [0.4, 0.5) is 14.9 Å². The Balaban J connectivity index is 2.74. The lowest BCUT2D eigenvalue weighted by molar-refractivity contribution is -0.127. The maximum atomic E-state index is 13.0. The van der Waals surface area contributed by atoms with Crippen LogP contribution in [-0.4, -0.2) is 24.0 Å². The predicted octanol–water partition coefficient (Wildman–Crippen LogP) is 0.148. The van der Waals surface area contributed by atoms with E-state index in [1.54, 1.807) is 5.32 Å². The number of halogens is 1. The summed E-state index contributed by atoms with van der Waals surface area (Å²) in [4.78, 5) is 33.3. The Bertz CT molecular complexity index is 512. The van der Waals surface area contributed by atoms with E-state index in [-0.39, 0.29) is 11.3 Å². The number of hydrogen-bond donors (Lipinski definition) is 3. The van der Waals surface area contributed by atoms with Gasteiger partial charge in [0.1, 0.15) is 5.82 Å². The number of rotatable bonds is 3. The summed E-state index contributed by atoms with van der Waals surface area (Å²) < 4.78 is 17.8. The molecule has 0 aliphatic heterocycles. The number of ether oxygens (including phenoxy) is 1. The van der Waals surface area contributed by atoms with Crippen molar-refractivity contribution in [3.63, 3.8) is 0 Å². The molecule has 8 heteroatoms. The molecular weight excluding hydrogens is 257 g/mol. The maximum absolute atomic E-state index is 13.0. The molecule has 0 aliphatic rings. The molecule has 1 rings (SSSR count). The molecule has 0 saturated heterocycles. The van der Waals surface area contributed by atoms with E-state index in [0.29, 0.717) is 0 Å². The lowest BCUT2D eigenvalue weighted by Crippen LogP contribution is -2.42. The zero-order valence-corrected chi connectivity index (χ0v) is 9.98. The van der Waals surface area contributed by atoms with E-state index in [1.165, 1.54) is 13.0 Å². The molecule has 19 heavy (non-hydrogen) atoms. The van der Waals surface area contributed by atoms with E-state index in [4.69, 9.17) is 16.2 Å². The first kappa shape index (κ1) is 14.4. The topological polar surface area (TPSA) is 125 Å². The number of nitrogens with one attached hydrogen (secondary N) is 1. The van der Waals surface area contributed by atoms with Gasteiger partial charge in [-0.05, 0) is 25.1 Å². The Hall–Kier alpha value is -2.64. The molecule has 3 amide bonds. The first-order valence-corrected chi connectivity index (χ1v) is 5.17. The maximum Gasteiger partial charge on any atom is 0.339 e. The average Bonchev–Trinajstić information content (AvgIpc) is 2.26. The van der Waals surface area contributed by atoms with E-state index in [0.717, 1.165) is 12.1 Å². The quantitative estimate of drug-likeness (QED) is 0.532. The zero-order chi connectivity index (χ0) is 14.6. The molecule has 0 aromatic heterocycles. The van der Waals surface area contributed by atoms with Crippen molar-refractivity contribution >= 4 is 23.6 Å². The number of primary amides is 1. The summed E-state index contributed by atoms with van der Waals surface area (Å²) in [5.41, 5.74) is 10.0. The summed E-state index contributed by atoms with van der Waals surface area (Å²) in [5.74, 6) is -2.54. The largest absolute Gasteiger partial charge is 0.449 e. The van der Waals surface area contributed by atoms with Gasteiger partial charge in [-0.3, -0.25) is 10.1 Å². The molecule has 1 unspecified atom stereocenters. The second-order valence-corrected chi connectivity index (χ2v) is 3.67. The van der Waals surface area contributed by atoms with E-state index in [2.05, 4.69) is 0 Å². The molecule has 1 aromatic carbocycles. The van der Waals surface area contributed by atoms with Gasteiger partial charge in [-0.2, -0.15) is 0 Å². The SMILES string of the molecule is CC(OC(=O)c1cc(N)cc(F)c1)C(=O)NC(N)=O. The molecule has 0 bridgehead atoms. The van der Waals surface area contributed by atoms with Crippen molar-refractivity contribution in [2.45, 2.75) is 13.0 Å². The lowest BCUT2D eigenvalue weighted by Gasteiger charge is -2.12. The Morgan fingerprint density at radius 3 is 2.47 bits per heavy atom. The summed E-state index contributed by atoms with van der Waals surface area (Å²) in [7, 11) is 0. The number of nitrogen functional groups attached to an aromatic ring is 1. The van der Waals surface area contributed by atoms with Crippen LogP contribution in [0.1, 0.15) is 17.3 Å². The minimum Gasteiger partial charge on any atom is -0.449 e. The molecule has 0 radical (unpaired) electrons. The number of amides is 3. The van der Waals surface area contributed by atoms with Gasteiger partial charge in [-0.15, -0.1) is 0 Å². The molecule has 5 N–H and O–H groups in total. The Morgan fingerprint density at radius 1 is 1.32 bits per heavy atom. The summed E-state index contributed by atoms with van der Waals surface area (Å²) in [6.07, 6.45) is -1.26. The van der Waals surface area contributed by atoms with Crippen molar-refractivity contribution < 1.29 is 23.5 Å². The van der Waals surface area contributed by atoms with E-state index in [9.17, 15) is 18.8 Å². The highest BCUT2D eigenvalue weighted by molar-refractivity contribution is 5.98. The minimum atomic E-state index is -1.26. The second-order valence-electron chi connectivity index (χ2n) is 3.67. The van der Waals surface area contributed by atoms with Gasteiger partial charge in [-0.1, -0.05) is 0 Å². The van der Waals surface area contributed by atoms with Crippen LogP contribution in [0.3, 0.4) is 0 Å². The van der Waals surface area contributed by atoms with Gasteiger partial charge in [0.15, 0.2) is 6.10 Å². The highest BCUT2D eigenvalue weighted by Gasteiger charge is 2.20. The van der Waals surface area contributed by atoms with E-state index in [1.807, 2.05) is 0 Å². The van der Waals surface area contributed by atoms with Gasteiger partial charge in [0.05, 0.1) is 5.56 Å². The molecule has 1 aromatic rings. The number of imide groups is 1. The lowest BCUT2D eigenvalue weighted by atomic mass is 10.2. The number of nitrogens with two attached hydrogens (primary N) is 2. The minimum absolute atomic E-state index is 0.0428. The number of esters is 1. The molecule has 0 spiro atoms. The average molecular weight is 269 g/mol. The normalized spacial score (nSPS) is 11.5. The molecule has 0 heterocycles. The second kappa shape index (κ2) is 5.80. The third-order valence-corrected chi connectivity index (χ3v) is 2.06. The molecule has 7 nitrogen and oxygen atoms in total. The number of anilines is 1. The van der Waals surface area contributed by atoms with Crippen molar-refractivity contribution in [3.8, 4) is 0 Å². The van der Waals surface area contributed by atoms with Crippen molar-refractivity contribution in [2.24, 2.45) is 5.73 Å². The van der Waals surface area contributed by atoms with Gasteiger partial charge in [0.25, 0.3) is 5.91 Å². The zero-order valence-electron chi connectivity index (χ0n) is 9.98. The number of benzene rings is 1. The van der Waals surface area contributed by atoms with Gasteiger partial charge >= 0.3 is 12.0 Å². The third kappa shape index (κ3) is 4.26. The first-order chi connectivity index (χ1) is 8.79. The van der Waals surface area contributed by atoms with E-state index < -0.39 is 29.8 Å². The number of carbonyl (C=O) groups is 3. The van der Waals surface area contributed by atoms with Crippen LogP contribution in [-0.2, 0) is 9.53 Å². The van der Waals surface area contributed by atoms with Crippen LogP contribution in [0.5, 0.6) is 0 Å². The molecule has 1 atom stereocenters. The molecule has 0 fully saturated rings. The van der Waals surface area contributed by atoms with Gasteiger partial charge in [-0.25, -0.2) is 14.0 Å². The van der Waals surface area contributed by atoms with Crippen molar-refractivity contribution in [3.05, 3.63) is 29.6 Å². The Kier molecular flexibility index (Phi) is 4.41. The van der Waals surface area contributed by atoms with Crippen LogP contribution in [0.15, 0.2) is 18.2 Å². The summed E-state index contributed by atoms with van der Waals surface area (Å²) in [6.45, 7) is 1.23. The Morgan fingerprint density at radius 2 is 1.95 bits per heavy atom. The van der Waals surface area contributed by atoms with Gasteiger partial charge < -0.3 is 16.2 Å². The standard InChI is InChI=1S/C11H12FN3O4/c1-5(9(16)15-11(14)18)19-10(17)6-2-7(12)4-8(13)3-6/h2-5H,13H2,1H3,(H3,14,15,16,18). The summed E-state index contributed by atoms with van der Waals surface area (Å²) in [5, 5.41) is 1.75. The van der Waals surface area contributed by atoms with Crippen LogP contribution >= 0.6 is 0 Å². The van der Waals surface area contributed by atoms with Crippen molar-refractivity contribution in [1.29, 1.82) is 0 Å². The van der Waals surface area contributed by atoms with Gasteiger partial charge in [0.2, 0.25) is 0 Å². The van der Waals surface area contributed by atoms with Gasteiger partial charge in [0, 0.05) is 5.69 Å². The molecular formula is C11H12FN3O4. The third-order valence-electron chi connectivity index (χ3n) is 2.06. The first-order valence-electron chi connectivity index (χ1n) is 5.17. The fourth-order valence-electron chi connectivity index (χ4n) is 1.24. The number of carbonyl (C=O) groups excluding carboxylic acids is 3. The van der Waals surface area contributed by atoms with Crippen LogP contribution < -0.4 is 16.8 Å². The van der Waals surface area contributed by atoms with Crippen LogP contribution in [0.25, 0.3) is 0 Å². The fraction of sp³-hybridized carbons (Fsp3) is 0.182. The predicted molar refractivity (Wildman–Crippen MR) is 63.4 cm³/mol. The molecule has 0 aliphatic carbocycles. The smallest absolute Gasteiger partial charge is 0.339 e. The van der Waals surface area contributed by atoms with Crippen LogP contribution in [0, 0.1) is 5.82 Å². The molecule has 102 valence electrons. The Labute approximate surface area is 107 Å².